The monoisotopic (exact) mass is 249 g/mol. The van der Waals surface area contributed by atoms with E-state index in [2.05, 4.69) is 15.6 Å². The Morgan fingerprint density at radius 2 is 2.00 bits per heavy atom. The van der Waals surface area contributed by atoms with E-state index in [1.54, 1.807) is 6.20 Å². The van der Waals surface area contributed by atoms with Crippen molar-refractivity contribution in [3.05, 3.63) is 30.1 Å². The highest BCUT2D eigenvalue weighted by Crippen LogP contribution is 2.11. The van der Waals surface area contributed by atoms with Crippen LogP contribution in [-0.4, -0.2) is 22.5 Å². The lowest BCUT2D eigenvalue weighted by Gasteiger charge is -2.25. The minimum absolute atomic E-state index is 0.0123. The summed E-state index contributed by atoms with van der Waals surface area (Å²) in [6.07, 6.45) is 3.55. The third kappa shape index (κ3) is 4.84. The number of nitrogens with zero attached hydrogens (tertiary/aromatic N) is 1. The highest BCUT2D eigenvalue weighted by molar-refractivity contribution is 5.81. The molecule has 18 heavy (non-hydrogen) atoms. The van der Waals surface area contributed by atoms with Gasteiger partial charge in [0.2, 0.25) is 5.91 Å². The first-order chi connectivity index (χ1) is 8.29. The highest BCUT2D eigenvalue weighted by atomic mass is 16.2. The Bertz CT molecular complexity index is 384. The van der Waals surface area contributed by atoms with Crippen molar-refractivity contribution in [3.8, 4) is 0 Å². The summed E-state index contributed by atoms with van der Waals surface area (Å²) in [5, 5.41) is 6.23. The predicted molar refractivity (Wildman–Crippen MR) is 73.1 cm³/mol. The van der Waals surface area contributed by atoms with Crippen LogP contribution in [0.25, 0.3) is 0 Å². The van der Waals surface area contributed by atoms with Gasteiger partial charge in [-0.15, -0.1) is 0 Å². The molecule has 1 unspecified atom stereocenters. The Labute approximate surface area is 109 Å². The van der Waals surface area contributed by atoms with Gasteiger partial charge in [0.1, 0.15) is 0 Å². The van der Waals surface area contributed by atoms with Gasteiger partial charge < -0.3 is 5.32 Å². The van der Waals surface area contributed by atoms with E-state index in [0.717, 1.165) is 5.56 Å². The number of carbonyl (C=O) groups excluding carboxylic acids is 1. The Kier molecular flexibility index (Phi) is 4.84. The fourth-order valence-corrected chi connectivity index (χ4v) is 1.66. The van der Waals surface area contributed by atoms with Crippen LogP contribution in [0.2, 0.25) is 0 Å². The van der Waals surface area contributed by atoms with E-state index in [9.17, 15) is 4.79 Å². The maximum absolute atomic E-state index is 11.9. The third-order valence-corrected chi connectivity index (χ3v) is 2.58. The average molecular weight is 249 g/mol. The zero-order valence-electron chi connectivity index (χ0n) is 11.8. The van der Waals surface area contributed by atoms with Gasteiger partial charge in [-0.3, -0.25) is 15.1 Å². The Hall–Kier alpha value is -1.42. The molecule has 0 aliphatic heterocycles. The van der Waals surface area contributed by atoms with E-state index >= 15 is 0 Å². The number of hydrogen-bond acceptors (Lipinski definition) is 3. The maximum atomic E-state index is 11.9. The maximum Gasteiger partial charge on any atom is 0.237 e. The number of carbonyl (C=O) groups is 1. The molecule has 2 N–H and O–H groups in total. The molecule has 0 spiro atoms. The summed E-state index contributed by atoms with van der Waals surface area (Å²) in [6.45, 7) is 9.82. The van der Waals surface area contributed by atoms with Crippen LogP contribution < -0.4 is 10.6 Å². The Morgan fingerprint density at radius 3 is 2.50 bits per heavy atom. The lowest BCUT2D eigenvalue weighted by atomic mass is 10.1. The summed E-state index contributed by atoms with van der Waals surface area (Å²) >= 11 is 0. The minimum Gasteiger partial charge on any atom is -0.350 e. The van der Waals surface area contributed by atoms with Crippen LogP contribution in [-0.2, 0) is 4.79 Å². The van der Waals surface area contributed by atoms with Gasteiger partial charge in [-0.05, 0) is 46.2 Å². The van der Waals surface area contributed by atoms with Crippen LogP contribution in [0.3, 0.4) is 0 Å². The van der Waals surface area contributed by atoms with Crippen molar-refractivity contribution in [1.29, 1.82) is 0 Å². The van der Waals surface area contributed by atoms with Crippen LogP contribution in [0.5, 0.6) is 0 Å². The molecule has 4 nitrogen and oxygen atoms in total. The first kappa shape index (κ1) is 14.6. The van der Waals surface area contributed by atoms with Gasteiger partial charge in [-0.2, -0.15) is 0 Å². The van der Waals surface area contributed by atoms with Crippen LogP contribution in [0, 0.1) is 0 Å². The topological polar surface area (TPSA) is 54.0 Å². The molecule has 1 rings (SSSR count). The highest BCUT2D eigenvalue weighted by Gasteiger charge is 2.20. The SMILES string of the molecule is CC(N[C@H](C)c1cccnc1)C(=O)NC(C)(C)C. The summed E-state index contributed by atoms with van der Waals surface area (Å²) in [6, 6.07) is 3.76. The summed E-state index contributed by atoms with van der Waals surface area (Å²) in [5.74, 6) is 0.0123. The molecule has 1 amide bonds. The number of rotatable bonds is 4. The molecule has 0 aliphatic carbocycles. The van der Waals surface area contributed by atoms with E-state index in [1.165, 1.54) is 0 Å². The van der Waals surface area contributed by atoms with Crippen molar-refractivity contribution in [2.24, 2.45) is 0 Å². The molecule has 1 aromatic heterocycles. The zero-order chi connectivity index (χ0) is 13.8. The molecule has 2 atom stereocenters. The molecule has 0 radical (unpaired) electrons. The zero-order valence-corrected chi connectivity index (χ0v) is 11.8. The van der Waals surface area contributed by atoms with Gasteiger partial charge in [0, 0.05) is 24.0 Å². The van der Waals surface area contributed by atoms with Crippen molar-refractivity contribution in [1.82, 2.24) is 15.6 Å². The first-order valence-electron chi connectivity index (χ1n) is 6.27. The van der Waals surface area contributed by atoms with Gasteiger partial charge in [-0.25, -0.2) is 0 Å². The van der Waals surface area contributed by atoms with Crippen molar-refractivity contribution >= 4 is 5.91 Å². The number of aromatic nitrogens is 1. The van der Waals surface area contributed by atoms with Crippen molar-refractivity contribution in [3.63, 3.8) is 0 Å². The van der Waals surface area contributed by atoms with Crippen molar-refractivity contribution in [2.75, 3.05) is 0 Å². The smallest absolute Gasteiger partial charge is 0.237 e. The van der Waals surface area contributed by atoms with E-state index in [1.807, 2.05) is 52.9 Å². The number of amides is 1. The van der Waals surface area contributed by atoms with E-state index in [0.29, 0.717) is 0 Å². The number of nitrogens with one attached hydrogen (secondary N) is 2. The number of pyridine rings is 1. The molecule has 0 bridgehead atoms. The lowest BCUT2D eigenvalue weighted by molar-refractivity contribution is -0.124. The summed E-state index contributed by atoms with van der Waals surface area (Å²) < 4.78 is 0. The second-order valence-electron chi connectivity index (χ2n) is 5.64. The molecule has 1 aromatic rings. The lowest BCUT2D eigenvalue weighted by Crippen LogP contribution is -2.49. The third-order valence-electron chi connectivity index (χ3n) is 2.58. The van der Waals surface area contributed by atoms with E-state index in [-0.39, 0.29) is 23.5 Å². The fraction of sp³-hybridized carbons (Fsp3) is 0.571. The molecule has 0 fully saturated rings. The quantitative estimate of drug-likeness (QED) is 0.858. The van der Waals surface area contributed by atoms with Gasteiger partial charge in [0.25, 0.3) is 0 Å². The molecule has 0 aromatic carbocycles. The van der Waals surface area contributed by atoms with Crippen LogP contribution in [0.15, 0.2) is 24.5 Å². The van der Waals surface area contributed by atoms with E-state index in [4.69, 9.17) is 0 Å². The van der Waals surface area contributed by atoms with Crippen LogP contribution in [0.1, 0.15) is 46.2 Å². The summed E-state index contributed by atoms with van der Waals surface area (Å²) in [7, 11) is 0. The molecule has 100 valence electrons. The second-order valence-corrected chi connectivity index (χ2v) is 5.64. The predicted octanol–water partition coefficient (Wildman–Crippen LogP) is 2.04. The van der Waals surface area contributed by atoms with Crippen molar-refractivity contribution < 1.29 is 4.79 Å². The summed E-state index contributed by atoms with van der Waals surface area (Å²) in [4.78, 5) is 16.0. The molecule has 0 saturated heterocycles. The minimum atomic E-state index is -0.237. The van der Waals surface area contributed by atoms with Crippen molar-refractivity contribution in [2.45, 2.75) is 52.2 Å². The molecular formula is C14H23N3O. The standard InChI is InChI=1S/C14H23N3O/c1-10(12-7-6-8-15-9-12)16-11(2)13(18)17-14(3,4)5/h6-11,16H,1-5H3,(H,17,18)/t10-,11?/m1/s1. The molecular weight excluding hydrogens is 226 g/mol. The Morgan fingerprint density at radius 1 is 1.33 bits per heavy atom. The summed E-state index contributed by atoms with van der Waals surface area (Å²) in [5.41, 5.74) is 0.873. The van der Waals surface area contributed by atoms with Gasteiger partial charge in [0.15, 0.2) is 0 Å². The molecule has 0 saturated carbocycles. The molecule has 0 aliphatic rings. The largest absolute Gasteiger partial charge is 0.350 e. The van der Waals surface area contributed by atoms with Gasteiger partial charge in [-0.1, -0.05) is 6.07 Å². The Balaban J connectivity index is 2.55. The van der Waals surface area contributed by atoms with E-state index < -0.39 is 0 Å². The van der Waals surface area contributed by atoms with Crippen LogP contribution in [0.4, 0.5) is 0 Å². The average Bonchev–Trinajstić information content (AvgIpc) is 2.27. The van der Waals surface area contributed by atoms with Gasteiger partial charge in [0.05, 0.1) is 6.04 Å². The fourth-order valence-electron chi connectivity index (χ4n) is 1.66. The number of hydrogen-bond donors (Lipinski definition) is 2. The van der Waals surface area contributed by atoms with Crippen LogP contribution >= 0.6 is 0 Å². The second kappa shape index (κ2) is 5.96. The first-order valence-corrected chi connectivity index (χ1v) is 6.27. The van der Waals surface area contributed by atoms with Gasteiger partial charge >= 0.3 is 0 Å². The normalized spacial score (nSPS) is 14.9. The molecule has 1 heterocycles. The molecule has 4 heteroatoms.